The Morgan fingerprint density at radius 2 is 2.26 bits per heavy atom. The Morgan fingerprint density at radius 3 is 3.05 bits per heavy atom. The van der Waals surface area contributed by atoms with E-state index in [2.05, 4.69) is 9.97 Å². The molecule has 98 valence electrons. The molecule has 1 aromatic heterocycles. The Labute approximate surface area is 117 Å². The summed E-state index contributed by atoms with van der Waals surface area (Å²) in [5.41, 5.74) is 9.12. The number of fused-ring (bicyclic) bond motifs is 1. The van der Waals surface area contributed by atoms with Crippen LogP contribution in [0.25, 0.3) is 11.4 Å². The van der Waals surface area contributed by atoms with Gasteiger partial charge in [-0.2, -0.15) is 0 Å². The minimum atomic E-state index is 0.577. The molecule has 0 spiro atoms. The lowest BCUT2D eigenvalue weighted by Gasteiger charge is -2.22. The summed E-state index contributed by atoms with van der Waals surface area (Å²) < 4.78 is 0. The molecule has 2 N–H and O–H groups in total. The van der Waals surface area contributed by atoms with E-state index in [-0.39, 0.29) is 0 Å². The van der Waals surface area contributed by atoms with Crippen molar-refractivity contribution in [3.05, 3.63) is 46.7 Å². The van der Waals surface area contributed by atoms with Gasteiger partial charge in [-0.3, -0.25) is 0 Å². The van der Waals surface area contributed by atoms with Crippen molar-refractivity contribution in [1.82, 2.24) is 9.97 Å². The Balaban J connectivity index is 1.94. The van der Waals surface area contributed by atoms with Crippen LogP contribution in [-0.4, -0.2) is 16.5 Å². The molecule has 0 radical (unpaired) electrons. The lowest BCUT2D eigenvalue weighted by molar-refractivity contribution is 0.462. The van der Waals surface area contributed by atoms with Gasteiger partial charge in [0.25, 0.3) is 0 Å². The largest absolute Gasteiger partial charge is 0.330 e. The van der Waals surface area contributed by atoms with Crippen molar-refractivity contribution in [2.45, 2.75) is 19.3 Å². The topological polar surface area (TPSA) is 51.8 Å². The summed E-state index contributed by atoms with van der Waals surface area (Å²) in [6.45, 7) is 0.746. The third-order valence-electron chi connectivity index (χ3n) is 3.67. The highest BCUT2D eigenvalue weighted by atomic mass is 35.5. The first-order chi connectivity index (χ1) is 9.26. The zero-order valence-electron chi connectivity index (χ0n) is 10.6. The summed E-state index contributed by atoms with van der Waals surface area (Å²) in [5, 5.41) is 0.710. The fourth-order valence-corrected chi connectivity index (χ4v) is 2.74. The second-order valence-corrected chi connectivity index (χ2v) is 5.46. The Hall–Kier alpha value is -1.45. The van der Waals surface area contributed by atoms with E-state index >= 15 is 0 Å². The average molecular weight is 274 g/mol. The Bertz CT molecular complexity index is 598. The minimum absolute atomic E-state index is 0.577. The molecule has 1 unspecified atom stereocenters. The van der Waals surface area contributed by atoms with E-state index in [1.165, 1.54) is 5.56 Å². The molecule has 1 atom stereocenters. The van der Waals surface area contributed by atoms with Crippen molar-refractivity contribution in [2.24, 2.45) is 11.7 Å². The van der Waals surface area contributed by atoms with E-state index < -0.39 is 0 Å². The Morgan fingerprint density at radius 1 is 1.37 bits per heavy atom. The molecule has 3 rings (SSSR count). The Kier molecular flexibility index (Phi) is 3.49. The summed E-state index contributed by atoms with van der Waals surface area (Å²) in [6.07, 6.45) is 5.06. The molecular weight excluding hydrogens is 258 g/mol. The number of hydrogen-bond donors (Lipinski definition) is 1. The molecular formula is C15H16ClN3. The van der Waals surface area contributed by atoms with Gasteiger partial charge in [0.05, 0.1) is 0 Å². The molecule has 1 aliphatic rings. The predicted octanol–water partition coefficient (Wildman–Crippen LogP) is 2.86. The fourth-order valence-electron chi connectivity index (χ4n) is 2.55. The molecule has 0 fully saturated rings. The van der Waals surface area contributed by atoms with Crippen molar-refractivity contribution in [3.8, 4) is 11.4 Å². The molecule has 4 heteroatoms. The monoisotopic (exact) mass is 273 g/mol. The highest BCUT2D eigenvalue weighted by Crippen LogP contribution is 2.26. The number of halogens is 1. The van der Waals surface area contributed by atoms with Crippen LogP contribution in [0.4, 0.5) is 0 Å². The van der Waals surface area contributed by atoms with Gasteiger partial charge in [-0.1, -0.05) is 23.7 Å². The van der Waals surface area contributed by atoms with Gasteiger partial charge >= 0.3 is 0 Å². The maximum Gasteiger partial charge on any atom is 0.159 e. The number of hydrogen-bond acceptors (Lipinski definition) is 3. The molecule has 1 heterocycles. The van der Waals surface area contributed by atoms with Crippen molar-refractivity contribution >= 4 is 11.6 Å². The number of benzene rings is 1. The molecule has 1 aromatic carbocycles. The van der Waals surface area contributed by atoms with Crippen LogP contribution < -0.4 is 5.73 Å². The quantitative estimate of drug-likeness (QED) is 0.915. The number of aromatic nitrogens is 2. The van der Waals surface area contributed by atoms with E-state index in [0.717, 1.165) is 42.9 Å². The molecule has 19 heavy (non-hydrogen) atoms. The first kappa shape index (κ1) is 12.6. The second-order valence-electron chi connectivity index (χ2n) is 5.02. The van der Waals surface area contributed by atoms with Gasteiger partial charge in [-0.05, 0) is 49.4 Å². The predicted molar refractivity (Wildman–Crippen MR) is 77.0 cm³/mol. The van der Waals surface area contributed by atoms with E-state index in [1.807, 2.05) is 30.5 Å². The first-order valence-corrected chi connectivity index (χ1v) is 6.95. The summed E-state index contributed by atoms with van der Waals surface area (Å²) in [4.78, 5) is 9.14. The molecule has 0 saturated carbocycles. The lowest BCUT2D eigenvalue weighted by atomic mass is 9.87. The van der Waals surface area contributed by atoms with Crippen LogP contribution in [0.15, 0.2) is 30.5 Å². The number of aryl methyl sites for hydroxylation is 1. The van der Waals surface area contributed by atoms with Crippen molar-refractivity contribution in [2.75, 3.05) is 6.54 Å². The summed E-state index contributed by atoms with van der Waals surface area (Å²) in [7, 11) is 0. The van der Waals surface area contributed by atoms with Gasteiger partial charge in [0, 0.05) is 22.5 Å². The summed E-state index contributed by atoms with van der Waals surface area (Å²) in [5.74, 6) is 1.33. The number of nitrogens with two attached hydrogens (primary N) is 1. The van der Waals surface area contributed by atoms with Crippen LogP contribution in [0, 0.1) is 5.92 Å². The molecule has 2 aromatic rings. The summed E-state index contributed by atoms with van der Waals surface area (Å²) >= 11 is 6.01. The average Bonchev–Trinajstić information content (AvgIpc) is 2.46. The van der Waals surface area contributed by atoms with Gasteiger partial charge in [-0.25, -0.2) is 9.97 Å². The molecule has 0 aliphatic heterocycles. The highest BCUT2D eigenvalue weighted by molar-refractivity contribution is 6.30. The van der Waals surface area contributed by atoms with Crippen LogP contribution >= 0.6 is 11.6 Å². The van der Waals surface area contributed by atoms with Crippen molar-refractivity contribution in [1.29, 1.82) is 0 Å². The minimum Gasteiger partial charge on any atom is -0.330 e. The highest BCUT2D eigenvalue weighted by Gasteiger charge is 2.19. The van der Waals surface area contributed by atoms with Gasteiger partial charge in [0.15, 0.2) is 5.82 Å². The molecule has 0 amide bonds. The zero-order valence-corrected chi connectivity index (χ0v) is 11.4. The molecule has 3 nitrogen and oxygen atoms in total. The van der Waals surface area contributed by atoms with Crippen molar-refractivity contribution < 1.29 is 0 Å². The van der Waals surface area contributed by atoms with E-state index in [9.17, 15) is 0 Å². The van der Waals surface area contributed by atoms with E-state index in [0.29, 0.717) is 10.9 Å². The van der Waals surface area contributed by atoms with Crippen LogP contribution in [0.1, 0.15) is 17.7 Å². The molecule has 1 aliphatic carbocycles. The zero-order chi connectivity index (χ0) is 13.2. The SMILES string of the molecule is NCC1CCc2nc(-c3cccc(Cl)c3)ncc2C1. The molecule has 0 bridgehead atoms. The van der Waals surface area contributed by atoms with E-state index in [1.54, 1.807) is 0 Å². The van der Waals surface area contributed by atoms with Crippen LogP contribution in [0.5, 0.6) is 0 Å². The third kappa shape index (κ3) is 2.62. The fraction of sp³-hybridized carbons (Fsp3) is 0.333. The van der Waals surface area contributed by atoms with Crippen LogP contribution in [-0.2, 0) is 12.8 Å². The lowest BCUT2D eigenvalue weighted by Crippen LogP contribution is -2.23. The first-order valence-electron chi connectivity index (χ1n) is 6.57. The van der Waals surface area contributed by atoms with E-state index in [4.69, 9.17) is 17.3 Å². The maximum absolute atomic E-state index is 6.01. The number of nitrogens with zero attached hydrogens (tertiary/aromatic N) is 2. The van der Waals surface area contributed by atoms with Crippen molar-refractivity contribution in [3.63, 3.8) is 0 Å². The number of rotatable bonds is 2. The molecule has 0 saturated heterocycles. The van der Waals surface area contributed by atoms with Gasteiger partial charge in [-0.15, -0.1) is 0 Å². The van der Waals surface area contributed by atoms with Gasteiger partial charge in [0.2, 0.25) is 0 Å². The normalized spacial score (nSPS) is 18.1. The van der Waals surface area contributed by atoms with Crippen LogP contribution in [0.3, 0.4) is 0 Å². The standard InChI is InChI=1S/C15H16ClN3/c16-13-3-1-2-11(7-13)15-18-9-12-6-10(8-17)4-5-14(12)19-15/h1-3,7,9-10H,4-6,8,17H2. The summed E-state index contributed by atoms with van der Waals surface area (Å²) in [6, 6.07) is 7.66. The maximum atomic E-state index is 6.01. The van der Waals surface area contributed by atoms with Gasteiger partial charge < -0.3 is 5.73 Å². The van der Waals surface area contributed by atoms with Crippen LogP contribution in [0.2, 0.25) is 5.02 Å². The smallest absolute Gasteiger partial charge is 0.159 e. The second kappa shape index (κ2) is 5.27. The van der Waals surface area contributed by atoms with Gasteiger partial charge in [0.1, 0.15) is 0 Å². The third-order valence-corrected chi connectivity index (χ3v) is 3.90.